The molecule has 2 aromatic heterocycles. The van der Waals surface area contributed by atoms with E-state index in [2.05, 4.69) is 28.8 Å². The highest BCUT2D eigenvalue weighted by Gasteiger charge is 2.11. The zero-order valence-electron chi connectivity index (χ0n) is 16.9. The van der Waals surface area contributed by atoms with Gasteiger partial charge >= 0.3 is 0 Å². The molecule has 0 fully saturated rings. The summed E-state index contributed by atoms with van der Waals surface area (Å²) in [5.41, 5.74) is 2.63. The Hall–Kier alpha value is -3.32. The molecule has 152 valence electrons. The van der Waals surface area contributed by atoms with Gasteiger partial charge in [0.25, 0.3) is 11.1 Å². The number of fused-ring (bicyclic) bond motifs is 1. The van der Waals surface area contributed by atoms with Crippen LogP contribution in [-0.2, 0) is 6.42 Å². The number of rotatable bonds is 6. The van der Waals surface area contributed by atoms with Gasteiger partial charge in [0.1, 0.15) is 5.69 Å². The lowest BCUT2D eigenvalue weighted by molar-refractivity contribution is 0.811. The Morgan fingerprint density at radius 2 is 1.70 bits per heavy atom. The monoisotopic (exact) mass is 418 g/mol. The summed E-state index contributed by atoms with van der Waals surface area (Å²) in [4.78, 5) is 31.9. The average molecular weight is 419 g/mol. The second-order valence-corrected chi connectivity index (χ2v) is 7.91. The predicted octanol–water partition coefficient (Wildman–Crippen LogP) is 2.50. The Bertz CT molecular complexity index is 1320. The molecule has 0 radical (unpaired) electrons. The summed E-state index contributed by atoms with van der Waals surface area (Å²) in [5, 5.41) is 4.30. The standard InChI is InChI=1S/C23H22N4O2S/c1-3-26(4-2)18-12-10-17(11-13-18)15-20-22(29)27-23(30-20)24-21(28)19(25-27)14-16-8-6-5-7-9-16/h5-13,15H,3-4,14H2,1-2H3/b20-15+. The third-order valence-electron chi connectivity index (χ3n) is 4.98. The number of aromatic nitrogens is 3. The second-order valence-electron chi connectivity index (χ2n) is 6.90. The largest absolute Gasteiger partial charge is 0.372 e. The molecule has 4 rings (SSSR count). The van der Waals surface area contributed by atoms with E-state index < -0.39 is 5.56 Å². The van der Waals surface area contributed by atoms with Crippen LogP contribution in [0.2, 0.25) is 0 Å². The molecule has 0 N–H and O–H groups in total. The van der Waals surface area contributed by atoms with E-state index in [4.69, 9.17) is 0 Å². The van der Waals surface area contributed by atoms with Gasteiger partial charge in [-0.2, -0.15) is 14.6 Å². The third-order valence-corrected chi connectivity index (χ3v) is 5.94. The molecule has 0 amide bonds. The van der Waals surface area contributed by atoms with Crippen molar-refractivity contribution in [3.05, 3.63) is 96.7 Å². The Morgan fingerprint density at radius 1 is 1.00 bits per heavy atom. The Morgan fingerprint density at radius 3 is 2.37 bits per heavy atom. The highest BCUT2D eigenvalue weighted by atomic mass is 32.1. The molecule has 30 heavy (non-hydrogen) atoms. The normalized spacial score (nSPS) is 11.9. The maximum Gasteiger partial charge on any atom is 0.296 e. The molecule has 6 nitrogen and oxygen atoms in total. The van der Waals surface area contributed by atoms with Crippen molar-refractivity contribution < 1.29 is 0 Å². The topological polar surface area (TPSA) is 67.6 Å². The fraction of sp³-hybridized carbons (Fsp3) is 0.217. The van der Waals surface area contributed by atoms with Gasteiger partial charge in [0.2, 0.25) is 4.96 Å². The maximum atomic E-state index is 12.8. The molecule has 0 aliphatic heterocycles. The lowest BCUT2D eigenvalue weighted by atomic mass is 10.1. The molecule has 0 saturated heterocycles. The number of anilines is 1. The smallest absolute Gasteiger partial charge is 0.296 e. The highest BCUT2D eigenvalue weighted by molar-refractivity contribution is 7.15. The molecule has 2 aromatic carbocycles. The molecule has 0 aliphatic rings. The molecule has 0 saturated carbocycles. The van der Waals surface area contributed by atoms with Gasteiger partial charge < -0.3 is 4.90 Å². The van der Waals surface area contributed by atoms with E-state index in [1.165, 1.54) is 15.9 Å². The molecular formula is C23H22N4O2S. The van der Waals surface area contributed by atoms with Crippen molar-refractivity contribution >= 4 is 28.1 Å². The zero-order valence-corrected chi connectivity index (χ0v) is 17.7. The number of thiazole rings is 1. The summed E-state index contributed by atoms with van der Waals surface area (Å²) in [6, 6.07) is 17.6. The number of hydrogen-bond acceptors (Lipinski definition) is 6. The van der Waals surface area contributed by atoms with Crippen LogP contribution < -0.4 is 20.6 Å². The van der Waals surface area contributed by atoms with E-state index >= 15 is 0 Å². The van der Waals surface area contributed by atoms with E-state index in [1.54, 1.807) is 0 Å². The summed E-state index contributed by atoms with van der Waals surface area (Å²) in [7, 11) is 0. The van der Waals surface area contributed by atoms with Crippen molar-refractivity contribution in [1.82, 2.24) is 14.6 Å². The molecule has 0 bridgehead atoms. The Kier molecular flexibility index (Phi) is 5.72. The van der Waals surface area contributed by atoms with Crippen LogP contribution in [0.25, 0.3) is 11.0 Å². The molecule has 0 atom stereocenters. The maximum absolute atomic E-state index is 12.8. The molecule has 0 aliphatic carbocycles. The first kappa shape index (κ1) is 20.0. The minimum absolute atomic E-state index is 0.260. The summed E-state index contributed by atoms with van der Waals surface area (Å²) >= 11 is 1.18. The van der Waals surface area contributed by atoms with E-state index in [9.17, 15) is 9.59 Å². The van der Waals surface area contributed by atoms with Crippen molar-refractivity contribution in [2.75, 3.05) is 18.0 Å². The SMILES string of the molecule is CCN(CC)c1ccc(/C=c2/sc3nc(=O)c(Cc4ccccc4)nn3c2=O)cc1. The summed E-state index contributed by atoms with van der Waals surface area (Å²) in [5.74, 6) is 0. The van der Waals surface area contributed by atoms with Crippen LogP contribution in [0.3, 0.4) is 0 Å². The van der Waals surface area contributed by atoms with Gasteiger partial charge in [-0.05, 0) is 43.2 Å². The van der Waals surface area contributed by atoms with Crippen molar-refractivity contribution in [3.63, 3.8) is 0 Å². The third kappa shape index (κ3) is 4.02. The summed E-state index contributed by atoms with van der Waals surface area (Å²) < 4.78 is 1.74. The van der Waals surface area contributed by atoms with E-state index in [1.807, 2.05) is 60.7 Å². The molecule has 7 heteroatoms. The minimum atomic E-state index is -0.393. The van der Waals surface area contributed by atoms with Gasteiger partial charge in [-0.15, -0.1) is 0 Å². The van der Waals surface area contributed by atoms with Gasteiger partial charge in [-0.25, -0.2) is 0 Å². The second kappa shape index (κ2) is 8.59. The first-order valence-electron chi connectivity index (χ1n) is 9.92. The summed E-state index contributed by atoms with van der Waals surface area (Å²) in [6.45, 7) is 6.13. The fourth-order valence-corrected chi connectivity index (χ4v) is 4.27. The summed E-state index contributed by atoms with van der Waals surface area (Å²) in [6.07, 6.45) is 2.16. The van der Waals surface area contributed by atoms with Crippen LogP contribution in [0.1, 0.15) is 30.7 Å². The molecule has 0 spiro atoms. The molecular weight excluding hydrogens is 396 g/mol. The molecule has 2 heterocycles. The van der Waals surface area contributed by atoms with Crippen molar-refractivity contribution in [2.24, 2.45) is 0 Å². The van der Waals surface area contributed by atoms with Crippen molar-refractivity contribution in [3.8, 4) is 0 Å². The highest BCUT2D eigenvalue weighted by Crippen LogP contribution is 2.15. The zero-order chi connectivity index (χ0) is 21.1. The first-order valence-corrected chi connectivity index (χ1v) is 10.7. The average Bonchev–Trinajstić information content (AvgIpc) is 3.05. The van der Waals surface area contributed by atoms with Crippen LogP contribution in [0.5, 0.6) is 0 Å². The van der Waals surface area contributed by atoms with Crippen LogP contribution in [0.4, 0.5) is 5.69 Å². The van der Waals surface area contributed by atoms with Gasteiger partial charge in [0.05, 0.1) is 4.53 Å². The van der Waals surface area contributed by atoms with Crippen LogP contribution in [-0.4, -0.2) is 27.7 Å². The number of nitrogens with zero attached hydrogens (tertiary/aromatic N) is 4. The lowest BCUT2D eigenvalue weighted by Crippen LogP contribution is -2.28. The van der Waals surface area contributed by atoms with E-state index in [0.717, 1.165) is 29.9 Å². The lowest BCUT2D eigenvalue weighted by Gasteiger charge is -2.20. The van der Waals surface area contributed by atoms with Crippen LogP contribution >= 0.6 is 11.3 Å². The minimum Gasteiger partial charge on any atom is -0.372 e. The molecule has 0 unspecified atom stereocenters. The van der Waals surface area contributed by atoms with Gasteiger partial charge in [0, 0.05) is 25.2 Å². The first-order chi connectivity index (χ1) is 14.6. The van der Waals surface area contributed by atoms with Crippen molar-refractivity contribution in [1.29, 1.82) is 0 Å². The predicted molar refractivity (Wildman–Crippen MR) is 121 cm³/mol. The van der Waals surface area contributed by atoms with Gasteiger partial charge in [-0.3, -0.25) is 9.59 Å². The Labute approximate surface area is 177 Å². The van der Waals surface area contributed by atoms with Gasteiger partial charge in [0.15, 0.2) is 0 Å². The Balaban J connectivity index is 1.71. The van der Waals surface area contributed by atoms with E-state index in [-0.39, 0.29) is 11.3 Å². The van der Waals surface area contributed by atoms with Gasteiger partial charge in [-0.1, -0.05) is 53.8 Å². The molecule has 4 aromatic rings. The number of hydrogen-bond donors (Lipinski definition) is 0. The number of benzene rings is 2. The van der Waals surface area contributed by atoms with Crippen LogP contribution in [0.15, 0.2) is 64.2 Å². The van der Waals surface area contributed by atoms with Crippen LogP contribution in [0, 0.1) is 0 Å². The fourth-order valence-electron chi connectivity index (χ4n) is 3.36. The van der Waals surface area contributed by atoms with Crippen molar-refractivity contribution in [2.45, 2.75) is 20.3 Å². The quantitative estimate of drug-likeness (QED) is 0.481. The van der Waals surface area contributed by atoms with E-state index in [0.29, 0.717) is 15.9 Å².